The molecule has 0 saturated heterocycles. The van der Waals surface area contributed by atoms with Gasteiger partial charge in [0, 0.05) is 29.6 Å². The van der Waals surface area contributed by atoms with E-state index in [4.69, 9.17) is 14.3 Å². The molecule has 0 radical (unpaired) electrons. The number of carbonyl (C=O) groups is 2. The summed E-state index contributed by atoms with van der Waals surface area (Å²) in [6.07, 6.45) is 1.12. The third kappa shape index (κ3) is 3.29. The van der Waals surface area contributed by atoms with Crippen LogP contribution < -0.4 is 0 Å². The van der Waals surface area contributed by atoms with Gasteiger partial charge in [0.05, 0.1) is 6.42 Å². The molecular formula is C22H32N2O9. The van der Waals surface area contributed by atoms with E-state index in [9.17, 15) is 29.8 Å². The summed E-state index contributed by atoms with van der Waals surface area (Å²) in [5, 5.41) is 23.5. The van der Waals surface area contributed by atoms with E-state index in [1.54, 1.807) is 0 Å². The molecule has 4 rings (SSSR count). The average molecular weight is 469 g/mol. The minimum Gasteiger partial charge on any atom is -0.462 e. The van der Waals surface area contributed by atoms with E-state index in [0.29, 0.717) is 32.1 Å². The number of esters is 2. The van der Waals surface area contributed by atoms with E-state index >= 15 is 0 Å². The van der Waals surface area contributed by atoms with Crippen molar-refractivity contribution in [1.29, 1.82) is 0 Å². The highest BCUT2D eigenvalue weighted by molar-refractivity contribution is 5.66. The van der Waals surface area contributed by atoms with Crippen molar-refractivity contribution in [2.45, 2.75) is 96.5 Å². The van der Waals surface area contributed by atoms with Crippen LogP contribution in [0.5, 0.6) is 0 Å². The van der Waals surface area contributed by atoms with Crippen molar-refractivity contribution in [1.82, 2.24) is 0 Å². The fourth-order valence-corrected chi connectivity index (χ4v) is 8.30. The first-order valence-electron chi connectivity index (χ1n) is 11.7. The molecule has 0 aromatic rings. The molecule has 0 bridgehead atoms. The molecule has 0 unspecified atom stereocenters. The molecule has 0 amide bonds. The Morgan fingerprint density at radius 2 is 1.58 bits per heavy atom. The second-order valence-electron chi connectivity index (χ2n) is 10.8. The fraction of sp³-hybridized carbons (Fsp3) is 0.909. The largest absolute Gasteiger partial charge is 0.462 e. The molecule has 0 heterocycles. The Morgan fingerprint density at radius 1 is 0.909 bits per heavy atom. The standard InChI is InChI=1S/C22H32N2O9/c1-12(25)31-14-7-10-21(4)16-8-9-20(3)15(5-6-17(20)32-13(2)26)18(16)19(33-24(29)30)22(21,11-14)23(27)28/h14-19H,5-11H2,1-4H3/t14-,15-,16-,17-,18-,19+,20-,21+,22-/m0/s1. The smallest absolute Gasteiger partial charge is 0.302 e. The van der Waals surface area contributed by atoms with Crippen molar-refractivity contribution in [3.8, 4) is 0 Å². The molecule has 4 aliphatic rings. The Kier molecular flexibility index (Phi) is 5.60. The minimum absolute atomic E-state index is 0.113. The van der Waals surface area contributed by atoms with Crippen LogP contribution in [0.25, 0.3) is 0 Å². The molecule has 4 saturated carbocycles. The third-order valence-corrected chi connectivity index (χ3v) is 9.56. The second kappa shape index (κ2) is 7.80. The molecule has 4 aliphatic carbocycles. The van der Waals surface area contributed by atoms with Gasteiger partial charge >= 0.3 is 11.9 Å². The van der Waals surface area contributed by atoms with E-state index in [2.05, 4.69) is 0 Å². The van der Waals surface area contributed by atoms with Gasteiger partial charge in [-0.2, -0.15) is 0 Å². The summed E-state index contributed by atoms with van der Waals surface area (Å²) in [5.74, 6) is -1.60. The van der Waals surface area contributed by atoms with Crippen LogP contribution in [0, 0.1) is 48.8 Å². The number of rotatable bonds is 5. The van der Waals surface area contributed by atoms with E-state index in [1.165, 1.54) is 13.8 Å². The van der Waals surface area contributed by atoms with Crippen LogP contribution in [0.1, 0.15) is 72.6 Å². The first-order valence-corrected chi connectivity index (χ1v) is 11.7. The zero-order valence-corrected chi connectivity index (χ0v) is 19.5. The average Bonchev–Trinajstić information content (AvgIpc) is 3.12. The monoisotopic (exact) mass is 468 g/mol. The molecule has 0 aliphatic heterocycles. The molecule has 0 aromatic heterocycles. The third-order valence-electron chi connectivity index (χ3n) is 9.56. The van der Waals surface area contributed by atoms with Gasteiger partial charge in [-0.05, 0) is 56.3 Å². The van der Waals surface area contributed by atoms with E-state index in [-0.39, 0.29) is 30.3 Å². The molecule has 184 valence electrons. The zero-order chi connectivity index (χ0) is 24.3. The minimum atomic E-state index is -1.75. The van der Waals surface area contributed by atoms with Crippen LogP contribution in [0.3, 0.4) is 0 Å². The first-order chi connectivity index (χ1) is 15.4. The molecule has 0 aromatic carbocycles. The number of nitro groups is 1. The Hall–Kier alpha value is -2.46. The summed E-state index contributed by atoms with van der Waals surface area (Å²) in [6.45, 7) is 6.51. The van der Waals surface area contributed by atoms with E-state index < -0.39 is 50.5 Å². The highest BCUT2D eigenvalue weighted by Gasteiger charge is 2.80. The maximum absolute atomic E-state index is 12.8. The van der Waals surface area contributed by atoms with Gasteiger partial charge in [0.25, 0.3) is 10.6 Å². The molecule has 9 atom stereocenters. The van der Waals surface area contributed by atoms with Gasteiger partial charge in [-0.1, -0.05) is 13.8 Å². The Labute approximate surface area is 191 Å². The summed E-state index contributed by atoms with van der Waals surface area (Å²) in [4.78, 5) is 52.6. The fourth-order valence-electron chi connectivity index (χ4n) is 8.30. The topological polar surface area (TPSA) is 148 Å². The quantitative estimate of drug-likeness (QED) is 0.337. The SMILES string of the molecule is CC(=O)O[C@H]1CC[C@]2(C)[C@H]3CC[C@]4(C)[C@@H](OC(C)=O)CC[C@H]4[C@@H]3[C@@H](O[N+](=O)[O-])[C@@]2([N+](=O)[O-])C1. The van der Waals surface area contributed by atoms with Gasteiger partial charge in [0.15, 0.2) is 6.10 Å². The van der Waals surface area contributed by atoms with Gasteiger partial charge in [-0.3, -0.25) is 19.7 Å². The van der Waals surface area contributed by atoms with Crippen molar-refractivity contribution in [3.05, 3.63) is 20.2 Å². The van der Waals surface area contributed by atoms with Crippen molar-refractivity contribution < 1.29 is 33.9 Å². The van der Waals surface area contributed by atoms with Crippen LogP contribution in [0.2, 0.25) is 0 Å². The number of carbonyl (C=O) groups excluding carboxylic acids is 2. The molecular weight excluding hydrogens is 436 g/mol. The summed E-state index contributed by atoms with van der Waals surface area (Å²) in [7, 11) is 0. The second-order valence-corrected chi connectivity index (χ2v) is 10.8. The molecule has 11 heteroatoms. The number of nitrogens with zero attached hydrogens (tertiary/aromatic N) is 2. The predicted molar refractivity (Wildman–Crippen MR) is 112 cm³/mol. The summed E-state index contributed by atoms with van der Waals surface area (Å²) in [5.41, 5.74) is -3.03. The maximum Gasteiger partial charge on any atom is 0.302 e. The molecule has 11 nitrogen and oxygen atoms in total. The predicted octanol–water partition coefficient (Wildman–Crippen LogP) is 3.09. The summed E-state index contributed by atoms with van der Waals surface area (Å²) < 4.78 is 11.0. The van der Waals surface area contributed by atoms with Gasteiger partial charge < -0.3 is 14.3 Å². The number of fused-ring (bicyclic) bond motifs is 5. The molecule has 0 N–H and O–H groups in total. The highest BCUT2D eigenvalue weighted by atomic mass is 17.0. The van der Waals surface area contributed by atoms with E-state index in [1.807, 2.05) is 13.8 Å². The van der Waals surface area contributed by atoms with Crippen molar-refractivity contribution in [3.63, 3.8) is 0 Å². The zero-order valence-electron chi connectivity index (χ0n) is 19.5. The lowest BCUT2D eigenvalue weighted by Crippen LogP contribution is -2.62. The van der Waals surface area contributed by atoms with Crippen molar-refractivity contribution in [2.24, 2.45) is 28.6 Å². The lowest BCUT2D eigenvalue weighted by atomic mass is 9.54. The van der Waals surface area contributed by atoms with Gasteiger partial charge in [0.2, 0.25) is 0 Å². The van der Waals surface area contributed by atoms with E-state index in [0.717, 1.165) is 6.42 Å². The molecule has 33 heavy (non-hydrogen) atoms. The van der Waals surface area contributed by atoms with Gasteiger partial charge in [-0.15, -0.1) is 10.1 Å². The van der Waals surface area contributed by atoms with Crippen molar-refractivity contribution >= 4 is 11.9 Å². The normalized spacial score (nSPS) is 45.8. The Morgan fingerprint density at radius 3 is 2.15 bits per heavy atom. The van der Waals surface area contributed by atoms with Gasteiger partial charge in [0.1, 0.15) is 12.2 Å². The van der Waals surface area contributed by atoms with Crippen LogP contribution in [-0.4, -0.2) is 45.8 Å². The lowest BCUT2D eigenvalue weighted by molar-refractivity contribution is -0.787. The number of hydrogen-bond acceptors (Lipinski definition) is 9. The highest BCUT2D eigenvalue weighted by Crippen LogP contribution is 2.71. The summed E-state index contributed by atoms with van der Waals surface area (Å²) in [6, 6.07) is 0. The van der Waals surface area contributed by atoms with Crippen LogP contribution in [0.4, 0.5) is 0 Å². The maximum atomic E-state index is 12.8. The molecule has 0 spiro atoms. The molecule has 4 fully saturated rings. The lowest BCUT2D eigenvalue weighted by Gasteiger charge is -2.49. The summed E-state index contributed by atoms with van der Waals surface area (Å²) >= 11 is 0. The Bertz CT molecular complexity index is 880. The van der Waals surface area contributed by atoms with Crippen LogP contribution in [0.15, 0.2) is 0 Å². The van der Waals surface area contributed by atoms with Crippen LogP contribution >= 0.6 is 0 Å². The number of ether oxygens (including phenoxy) is 2. The Balaban J connectivity index is 1.80. The first kappa shape index (κ1) is 23.7. The number of hydrogen-bond donors (Lipinski definition) is 0. The van der Waals surface area contributed by atoms with Gasteiger partial charge in [-0.25, -0.2) is 0 Å². The van der Waals surface area contributed by atoms with Crippen molar-refractivity contribution in [2.75, 3.05) is 0 Å². The van der Waals surface area contributed by atoms with Crippen LogP contribution in [-0.2, 0) is 23.9 Å².